The molecule has 1 aromatic carbocycles. The molecular weight excluding hydrogens is 367 g/mol. The summed E-state index contributed by atoms with van der Waals surface area (Å²) in [4.78, 5) is 10.2. The summed E-state index contributed by atoms with van der Waals surface area (Å²) in [6.45, 7) is 12.0. The van der Waals surface area contributed by atoms with Gasteiger partial charge in [-0.15, -0.1) is 0 Å². The zero-order chi connectivity index (χ0) is 20.9. The Morgan fingerprint density at radius 2 is 2.14 bits per heavy atom. The van der Waals surface area contributed by atoms with E-state index in [1.54, 1.807) is 0 Å². The van der Waals surface area contributed by atoms with Crippen LogP contribution in [-0.2, 0) is 20.6 Å². The van der Waals surface area contributed by atoms with Gasteiger partial charge in [-0.2, -0.15) is 4.39 Å². The Kier molecular flexibility index (Phi) is 7.36. The molecule has 1 atom stereocenters. The number of nitro groups is 1. The fourth-order valence-electron chi connectivity index (χ4n) is 3.03. The van der Waals surface area contributed by atoms with Gasteiger partial charge in [-0.3, -0.25) is 10.1 Å². The lowest BCUT2D eigenvalue weighted by Gasteiger charge is -2.26. The third-order valence-electron chi connectivity index (χ3n) is 4.80. The lowest BCUT2D eigenvalue weighted by atomic mass is 9.89. The van der Waals surface area contributed by atoms with E-state index in [0.717, 1.165) is 12.0 Å². The number of ether oxygens (including phenoxy) is 3. The van der Waals surface area contributed by atoms with Crippen LogP contribution in [0.5, 0.6) is 0 Å². The van der Waals surface area contributed by atoms with Gasteiger partial charge in [0.25, 0.3) is 0 Å². The van der Waals surface area contributed by atoms with Crippen molar-refractivity contribution in [3.05, 3.63) is 33.6 Å². The first-order valence-corrected chi connectivity index (χ1v) is 9.63. The molecule has 0 radical (unpaired) electrons. The Morgan fingerprint density at radius 1 is 1.43 bits per heavy atom. The van der Waals surface area contributed by atoms with Crippen molar-refractivity contribution in [3.63, 3.8) is 0 Å². The van der Waals surface area contributed by atoms with E-state index in [4.69, 9.17) is 14.2 Å². The minimum atomic E-state index is -0.826. The Balaban J connectivity index is 1.82. The normalized spacial score (nSPS) is 19.0. The largest absolute Gasteiger partial charge is 0.384 e. The quantitative estimate of drug-likeness (QED) is 0.360. The molecule has 1 fully saturated rings. The average molecular weight is 398 g/mol. The molecular formula is C20H31FN2O5. The molecule has 0 unspecified atom stereocenters. The number of benzene rings is 1. The van der Waals surface area contributed by atoms with Crippen LogP contribution in [0.2, 0.25) is 0 Å². The van der Waals surface area contributed by atoms with Crippen molar-refractivity contribution in [1.82, 2.24) is 0 Å². The van der Waals surface area contributed by atoms with Crippen molar-refractivity contribution in [1.29, 1.82) is 0 Å². The van der Waals surface area contributed by atoms with Crippen molar-refractivity contribution in [2.45, 2.75) is 59.4 Å². The fourth-order valence-corrected chi connectivity index (χ4v) is 3.03. The molecule has 158 valence electrons. The number of nitrogens with one attached hydrogen (secondary N) is 1. The molecule has 1 aromatic rings. The molecule has 1 heterocycles. The first kappa shape index (κ1) is 22.5. The molecule has 0 amide bonds. The summed E-state index contributed by atoms with van der Waals surface area (Å²) < 4.78 is 30.9. The summed E-state index contributed by atoms with van der Waals surface area (Å²) >= 11 is 0. The van der Waals surface area contributed by atoms with Gasteiger partial charge >= 0.3 is 5.69 Å². The van der Waals surface area contributed by atoms with E-state index in [0.29, 0.717) is 38.5 Å². The Labute approximate surface area is 165 Å². The highest BCUT2D eigenvalue weighted by molar-refractivity contribution is 5.57. The monoisotopic (exact) mass is 398 g/mol. The number of hydrogen-bond acceptors (Lipinski definition) is 6. The van der Waals surface area contributed by atoms with Gasteiger partial charge in [0.15, 0.2) is 5.79 Å². The number of nitro benzene ring substituents is 1. The highest BCUT2D eigenvalue weighted by Gasteiger charge is 2.32. The maximum Gasteiger partial charge on any atom is 0.305 e. The van der Waals surface area contributed by atoms with E-state index in [1.165, 1.54) is 12.1 Å². The molecule has 0 saturated carbocycles. The van der Waals surface area contributed by atoms with Crippen LogP contribution in [0.3, 0.4) is 0 Å². The average Bonchev–Trinajstić information content (AvgIpc) is 2.95. The van der Waals surface area contributed by atoms with Gasteiger partial charge < -0.3 is 19.5 Å². The Morgan fingerprint density at radius 3 is 2.71 bits per heavy atom. The molecule has 28 heavy (non-hydrogen) atoms. The Bertz CT molecular complexity index is 693. The van der Waals surface area contributed by atoms with Gasteiger partial charge in [-0.1, -0.05) is 20.8 Å². The van der Waals surface area contributed by atoms with Crippen molar-refractivity contribution in [2.24, 2.45) is 5.41 Å². The van der Waals surface area contributed by atoms with Crippen LogP contribution in [-0.4, -0.2) is 43.2 Å². The van der Waals surface area contributed by atoms with E-state index in [9.17, 15) is 14.5 Å². The zero-order valence-corrected chi connectivity index (χ0v) is 17.3. The molecule has 0 aromatic heterocycles. The summed E-state index contributed by atoms with van der Waals surface area (Å²) in [5.74, 6) is -1.37. The van der Waals surface area contributed by atoms with Crippen LogP contribution < -0.4 is 5.32 Å². The molecule has 0 bridgehead atoms. The summed E-state index contributed by atoms with van der Waals surface area (Å²) in [7, 11) is 0. The van der Waals surface area contributed by atoms with Crippen LogP contribution in [0.1, 0.15) is 46.6 Å². The van der Waals surface area contributed by atoms with Crippen molar-refractivity contribution < 1.29 is 23.5 Å². The molecule has 1 aliphatic rings. The molecule has 1 N–H and O–H groups in total. The van der Waals surface area contributed by atoms with Crippen LogP contribution in [0.25, 0.3) is 0 Å². The second-order valence-electron chi connectivity index (χ2n) is 8.36. The maximum absolute atomic E-state index is 14.0. The number of aryl methyl sites for hydroxylation is 1. The number of rotatable bonds is 10. The molecule has 2 rings (SSSR count). The molecule has 0 spiro atoms. The maximum atomic E-state index is 14.0. The molecule has 1 saturated heterocycles. The van der Waals surface area contributed by atoms with E-state index in [2.05, 4.69) is 19.2 Å². The predicted molar refractivity (Wildman–Crippen MR) is 105 cm³/mol. The van der Waals surface area contributed by atoms with E-state index in [-0.39, 0.29) is 11.5 Å². The van der Waals surface area contributed by atoms with Gasteiger partial charge in [-0.05, 0) is 37.7 Å². The zero-order valence-electron chi connectivity index (χ0n) is 17.3. The summed E-state index contributed by atoms with van der Waals surface area (Å²) in [5, 5.41) is 14.2. The minimum Gasteiger partial charge on any atom is -0.384 e. The molecule has 8 heteroatoms. The molecule has 0 aliphatic carbocycles. The van der Waals surface area contributed by atoms with Gasteiger partial charge in [0.1, 0.15) is 6.10 Å². The van der Waals surface area contributed by atoms with E-state index >= 15 is 0 Å². The predicted octanol–water partition coefficient (Wildman–Crippen LogP) is 4.29. The van der Waals surface area contributed by atoms with Crippen LogP contribution in [0, 0.1) is 21.3 Å². The number of hydrogen-bond donors (Lipinski definition) is 1. The fraction of sp³-hybridized carbons (Fsp3) is 0.700. The second-order valence-corrected chi connectivity index (χ2v) is 8.36. The highest BCUT2D eigenvalue weighted by atomic mass is 19.1. The standard InChI is InChI=1S/C20H31FN2O5/c1-6-14-9-18(23(24)25)16(21)10-17(14)22-13-19(2,3)7-8-26-11-15-12-27-20(4,5)28-15/h9-10,15,22H,6-8,11-13H2,1-5H3/t15-/m1/s1. The van der Waals surface area contributed by atoms with Gasteiger partial charge in [0.2, 0.25) is 5.82 Å². The van der Waals surface area contributed by atoms with Crippen molar-refractivity contribution in [3.8, 4) is 0 Å². The van der Waals surface area contributed by atoms with Crippen LogP contribution >= 0.6 is 0 Å². The summed E-state index contributed by atoms with van der Waals surface area (Å²) in [6.07, 6.45) is 1.33. The van der Waals surface area contributed by atoms with Gasteiger partial charge in [0, 0.05) is 31.0 Å². The first-order valence-electron chi connectivity index (χ1n) is 9.63. The van der Waals surface area contributed by atoms with Crippen molar-refractivity contribution >= 4 is 11.4 Å². The van der Waals surface area contributed by atoms with Crippen LogP contribution in [0.15, 0.2) is 12.1 Å². The number of nitrogens with zero attached hydrogens (tertiary/aromatic N) is 1. The Hall–Kier alpha value is -1.77. The first-order chi connectivity index (χ1) is 13.0. The van der Waals surface area contributed by atoms with E-state index < -0.39 is 22.2 Å². The SMILES string of the molecule is CCc1cc([N+](=O)[O-])c(F)cc1NCC(C)(C)CCOC[C@@H]1COC(C)(C)O1. The second kappa shape index (κ2) is 9.15. The minimum absolute atomic E-state index is 0.0496. The lowest BCUT2D eigenvalue weighted by Crippen LogP contribution is -2.27. The number of anilines is 1. The third-order valence-corrected chi connectivity index (χ3v) is 4.80. The smallest absolute Gasteiger partial charge is 0.305 e. The van der Waals surface area contributed by atoms with Gasteiger partial charge in [-0.25, -0.2) is 0 Å². The van der Waals surface area contributed by atoms with Crippen LogP contribution in [0.4, 0.5) is 15.8 Å². The lowest BCUT2D eigenvalue weighted by molar-refractivity contribution is -0.387. The summed E-state index contributed by atoms with van der Waals surface area (Å²) in [6, 6.07) is 2.52. The topological polar surface area (TPSA) is 82.9 Å². The van der Waals surface area contributed by atoms with Crippen molar-refractivity contribution in [2.75, 3.05) is 31.7 Å². The molecule has 1 aliphatic heterocycles. The number of halogens is 1. The third kappa shape index (κ3) is 6.39. The molecule has 7 nitrogen and oxygen atoms in total. The summed E-state index contributed by atoms with van der Waals surface area (Å²) in [5.41, 5.74) is 0.728. The highest BCUT2D eigenvalue weighted by Crippen LogP contribution is 2.29. The van der Waals surface area contributed by atoms with Gasteiger partial charge in [0.05, 0.1) is 18.1 Å². The van der Waals surface area contributed by atoms with E-state index in [1.807, 2.05) is 20.8 Å².